The van der Waals surface area contributed by atoms with Crippen LogP contribution in [0.3, 0.4) is 0 Å². The maximum Gasteiger partial charge on any atom is 0.164 e. The standard InChI is InChI=1S/C8H13ClO3/c1-4-5-6(7(9)10-4)12-8(2,3)11-5/h4-7H,1-3H3/t4-,5-,6-,7+/m1/s1. The third-order valence-electron chi connectivity index (χ3n) is 2.23. The van der Waals surface area contributed by atoms with Crippen LogP contribution in [0.15, 0.2) is 0 Å². The summed E-state index contributed by atoms with van der Waals surface area (Å²) in [6.07, 6.45) is -0.0987. The molecule has 2 saturated heterocycles. The third-order valence-corrected chi connectivity index (χ3v) is 2.58. The molecule has 0 aromatic heterocycles. The molecule has 2 rings (SSSR count). The second-order valence-corrected chi connectivity index (χ2v) is 4.19. The molecule has 2 fully saturated rings. The zero-order valence-corrected chi connectivity index (χ0v) is 8.17. The molecule has 0 radical (unpaired) electrons. The average molecular weight is 193 g/mol. The minimum atomic E-state index is -0.513. The normalized spacial score (nSPS) is 51.0. The summed E-state index contributed by atoms with van der Waals surface area (Å²) >= 11 is 5.91. The van der Waals surface area contributed by atoms with Gasteiger partial charge in [-0.1, -0.05) is 11.6 Å². The van der Waals surface area contributed by atoms with E-state index >= 15 is 0 Å². The first-order chi connectivity index (χ1) is 5.49. The van der Waals surface area contributed by atoms with Gasteiger partial charge in [0, 0.05) is 0 Å². The summed E-state index contributed by atoms with van der Waals surface area (Å²) in [6.45, 7) is 5.73. The number of fused-ring (bicyclic) bond motifs is 1. The molecule has 0 saturated carbocycles. The molecule has 70 valence electrons. The van der Waals surface area contributed by atoms with Gasteiger partial charge in [-0.3, -0.25) is 0 Å². The number of halogens is 1. The minimum Gasteiger partial charge on any atom is -0.354 e. The van der Waals surface area contributed by atoms with Gasteiger partial charge in [0.1, 0.15) is 12.2 Å². The molecular weight excluding hydrogens is 180 g/mol. The van der Waals surface area contributed by atoms with E-state index in [0.29, 0.717) is 0 Å². The Bertz CT molecular complexity index is 177. The van der Waals surface area contributed by atoms with E-state index in [2.05, 4.69) is 0 Å². The topological polar surface area (TPSA) is 27.7 Å². The number of hydrogen-bond donors (Lipinski definition) is 0. The van der Waals surface area contributed by atoms with Crippen molar-refractivity contribution in [2.75, 3.05) is 0 Å². The van der Waals surface area contributed by atoms with Crippen LogP contribution in [0.1, 0.15) is 20.8 Å². The maximum absolute atomic E-state index is 5.91. The van der Waals surface area contributed by atoms with Crippen LogP contribution >= 0.6 is 11.6 Å². The Morgan fingerprint density at radius 3 is 2.33 bits per heavy atom. The smallest absolute Gasteiger partial charge is 0.164 e. The summed E-state index contributed by atoms with van der Waals surface area (Å²) in [5.74, 6) is -0.513. The van der Waals surface area contributed by atoms with Crippen LogP contribution in [0.5, 0.6) is 0 Å². The van der Waals surface area contributed by atoms with E-state index in [1.807, 2.05) is 20.8 Å². The average Bonchev–Trinajstić information content (AvgIpc) is 2.34. The fraction of sp³-hybridized carbons (Fsp3) is 1.00. The predicted molar refractivity (Wildman–Crippen MR) is 44.0 cm³/mol. The third kappa shape index (κ3) is 1.25. The van der Waals surface area contributed by atoms with Gasteiger partial charge in [0.2, 0.25) is 0 Å². The van der Waals surface area contributed by atoms with Crippen LogP contribution in [-0.2, 0) is 14.2 Å². The second-order valence-electron chi connectivity index (χ2n) is 3.76. The van der Waals surface area contributed by atoms with E-state index in [4.69, 9.17) is 25.8 Å². The Balaban J connectivity index is 2.15. The highest BCUT2D eigenvalue weighted by atomic mass is 35.5. The Morgan fingerprint density at radius 1 is 1.17 bits per heavy atom. The molecule has 4 atom stereocenters. The molecule has 0 aromatic rings. The summed E-state index contributed by atoms with van der Waals surface area (Å²) in [4.78, 5) is 0. The summed E-state index contributed by atoms with van der Waals surface area (Å²) in [5.41, 5.74) is -0.369. The van der Waals surface area contributed by atoms with Crippen molar-refractivity contribution in [3.05, 3.63) is 0 Å². The van der Waals surface area contributed by atoms with Gasteiger partial charge in [-0.2, -0.15) is 0 Å². The van der Waals surface area contributed by atoms with Crippen molar-refractivity contribution in [3.8, 4) is 0 Å². The highest BCUT2D eigenvalue weighted by Gasteiger charge is 2.53. The molecule has 2 heterocycles. The summed E-state index contributed by atoms with van der Waals surface area (Å²) < 4.78 is 16.5. The lowest BCUT2D eigenvalue weighted by atomic mass is 10.2. The predicted octanol–water partition coefficient (Wildman–Crippen LogP) is 1.49. The Labute approximate surface area is 76.9 Å². The zero-order valence-electron chi connectivity index (χ0n) is 7.41. The van der Waals surface area contributed by atoms with Crippen molar-refractivity contribution in [2.24, 2.45) is 0 Å². The minimum absolute atomic E-state index is 0.0116. The first-order valence-electron chi connectivity index (χ1n) is 4.15. The van der Waals surface area contributed by atoms with Crippen LogP contribution < -0.4 is 0 Å². The fourth-order valence-electron chi connectivity index (χ4n) is 1.74. The number of ether oxygens (including phenoxy) is 3. The van der Waals surface area contributed by atoms with E-state index in [9.17, 15) is 0 Å². The first kappa shape index (κ1) is 8.75. The number of alkyl halides is 1. The molecule has 2 aliphatic heterocycles. The van der Waals surface area contributed by atoms with Gasteiger partial charge in [-0.15, -0.1) is 0 Å². The Morgan fingerprint density at radius 2 is 1.75 bits per heavy atom. The van der Waals surface area contributed by atoms with E-state index in [0.717, 1.165) is 0 Å². The molecule has 0 spiro atoms. The number of hydrogen-bond acceptors (Lipinski definition) is 3. The van der Waals surface area contributed by atoms with Crippen molar-refractivity contribution in [3.63, 3.8) is 0 Å². The van der Waals surface area contributed by atoms with Gasteiger partial charge in [-0.25, -0.2) is 0 Å². The van der Waals surface area contributed by atoms with Crippen LogP contribution in [0.4, 0.5) is 0 Å². The molecule has 2 aliphatic rings. The van der Waals surface area contributed by atoms with Crippen molar-refractivity contribution in [2.45, 2.75) is 50.4 Å². The van der Waals surface area contributed by atoms with Crippen molar-refractivity contribution in [1.29, 1.82) is 0 Å². The lowest BCUT2D eigenvalue weighted by Crippen LogP contribution is -2.27. The molecule has 0 aliphatic carbocycles. The lowest BCUT2D eigenvalue weighted by Gasteiger charge is -2.20. The van der Waals surface area contributed by atoms with Crippen LogP contribution in [-0.4, -0.2) is 29.7 Å². The molecule has 0 amide bonds. The molecular formula is C8H13ClO3. The monoisotopic (exact) mass is 192 g/mol. The molecule has 0 bridgehead atoms. The quantitative estimate of drug-likeness (QED) is 0.545. The lowest BCUT2D eigenvalue weighted by molar-refractivity contribution is -0.177. The fourth-order valence-corrected chi connectivity index (χ4v) is 2.10. The van der Waals surface area contributed by atoms with Crippen molar-refractivity contribution < 1.29 is 14.2 Å². The van der Waals surface area contributed by atoms with Crippen molar-refractivity contribution in [1.82, 2.24) is 0 Å². The van der Waals surface area contributed by atoms with E-state index in [1.54, 1.807) is 0 Å². The Hall–Kier alpha value is 0.170. The molecule has 0 aromatic carbocycles. The second kappa shape index (κ2) is 2.58. The van der Waals surface area contributed by atoms with Gasteiger partial charge >= 0.3 is 0 Å². The molecule has 0 N–H and O–H groups in total. The first-order valence-corrected chi connectivity index (χ1v) is 4.58. The van der Waals surface area contributed by atoms with Gasteiger partial charge < -0.3 is 14.2 Å². The van der Waals surface area contributed by atoms with Crippen LogP contribution in [0.25, 0.3) is 0 Å². The van der Waals surface area contributed by atoms with E-state index < -0.39 is 5.79 Å². The van der Waals surface area contributed by atoms with Gasteiger partial charge in [0.15, 0.2) is 11.4 Å². The molecule has 0 unspecified atom stereocenters. The van der Waals surface area contributed by atoms with Gasteiger partial charge in [0.05, 0.1) is 6.10 Å². The maximum atomic E-state index is 5.91. The van der Waals surface area contributed by atoms with Gasteiger partial charge in [0.25, 0.3) is 0 Å². The van der Waals surface area contributed by atoms with Crippen molar-refractivity contribution >= 4 is 11.6 Å². The summed E-state index contributed by atoms with van der Waals surface area (Å²) in [5, 5.41) is 0. The molecule has 3 nitrogen and oxygen atoms in total. The highest BCUT2D eigenvalue weighted by molar-refractivity contribution is 6.20. The van der Waals surface area contributed by atoms with E-state index in [1.165, 1.54) is 0 Å². The van der Waals surface area contributed by atoms with Gasteiger partial charge in [-0.05, 0) is 20.8 Å². The summed E-state index contributed by atoms with van der Waals surface area (Å²) in [6, 6.07) is 0. The molecule has 4 heteroatoms. The summed E-state index contributed by atoms with van der Waals surface area (Å²) in [7, 11) is 0. The number of rotatable bonds is 0. The zero-order chi connectivity index (χ0) is 8.93. The largest absolute Gasteiger partial charge is 0.354 e. The Kier molecular flexibility index (Phi) is 1.88. The van der Waals surface area contributed by atoms with Crippen LogP contribution in [0.2, 0.25) is 0 Å². The van der Waals surface area contributed by atoms with E-state index in [-0.39, 0.29) is 23.9 Å². The van der Waals surface area contributed by atoms with Crippen LogP contribution in [0, 0.1) is 0 Å². The molecule has 12 heavy (non-hydrogen) atoms. The SMILES string of the molecule is C[C@H]1O[C@H](Cl)[C@@H]2OC(C)(C)O[C@@H]21. The highest BCUT2D eigenvalue weighted by Crippen LogP contribution is 2.39.